The van der Waals surface area contributed by atoms with Crippen LogP contribution in [-0.4, -0.2) is 14.4 Å². The summed E-state index contributed by atoms with van der Waals surface area (Å²) in [5, 5.41) is 11.1. The Labute approximate surface area is 185 Å². The summed E-state index contributed by atoms with van der Waals surface area (Å²) >= 11 is 0. The van der Waals surface area contributed by atoms with Gasteiger partial charge in [-0.05, 0) is 52.7 Å². The van der Waals surface area contributed by atoms with Gasteiger partial charge < -0.3 is 4.74 Å². The molecular weight excluding hydrogens is 422 g/mol. The van der Waals surface area contributed by atoms with E-state index in [-0.39, 0.29) is 9.80 Å². The van der Waals surface area contributed by atoms with Crippen LogP contribution in [0.5, 0.6) is 5.75 Å². The molecular formula is C26H17NO4S. The molecule has 0 spiro atoms. The van der Waals surface area contributed by atoms with E-state index in [9.17, 15) is 18.5 Å². The Morgan fingerprint density at radius 3 is 2.19 bits per heavy atom. The first kappa shape index (κ1) is 21.0. The minimum absolute atomic E-state index is 0.0495. The van der Waals surface area contributed by atoms with Crippen LogP contribution in [0.1, 0.15) is 15.9 Å². The summed E-state index contributed by atoms with van der Waals surface area (Å²) in [5.41, 5.74) is 0.943. The van der Waals surface area contributed by atoms with Gasteiger partial charge in [0.25, 0.3) is 0 Å². The average Bonchev–Trinajstić information content (AvgIpc) is 2.83. The van der Waals surface area contributed by atoms with Crippen LogP contribution >= 0.6 is 0 Å². The number of hydrogen-bond acceptors (Lipinski definition) is 5. The van der Waals surface area contributed by atoms with E-state index < -0.39 is 15.8 Å². The molecule has 0 heterocycles. The Morgan fingerprint density at radius 2 is 1.47 bits per heavy atom. The number of benzene rings is 4. The Morgan fingerprint density at radius 1 is 0.812 bits per heavy atom. The molecule has 32 heavy (non-hydrogen) atoms. The van der Waals surface area contributed by atoms with Crippen LogP contribution < -0.4 is 4.74 Å². The van der Waals surface area contributed by atoms with Crippen molar-refractivity contribution in [2.45, 2.75) is 4.90 Å². The second-order valence-corrected chi connectivity index (χ2v) is 8.84. The van der Waals surface area contributed by atoms with E-state index in [0.717, 1.165) is 10.8 Å². The van der Waals surface area contributed by atoms with E-state index in [1.54, 1.807) is 60.7 Å². The molecule has 0 saturated heterocycles. The van der Waals surface area contributed by atoms with Gasteiger partial charge in [0, 0.05) is 0 Å². The van der Waals surface area contributed by atoms with E-state index in [2.05, 4.69) is 0 Å². The quantitative estimate of drug-likeness (QED) is 0.236. The van der Waals surface area contributed by atoms with Crippen LogP contribution in [0.15, 0.2) is 107 Å². The SMILES string of the molecule is N#CC(=Cc1ccc(OC(=O)c2cccc3ccccc23)cc1)S(=O)(=O)c1ccccc1. The number of sulfone groups is 1. The third kappa shape index (κ3) is 4.29. The van der Waals surface area contributed by atoms with Crippen LogP contribution in [0, 0.1) is 11.3 Å². The molecule has 156 valence electrons. The number of carbonyl (C=O) groups excluding carboxylic acids is 1. The summed E-state index contributed by atoms with van der Waals surface area (Å²) in [4.78, 5) is 12.3. The van der Waals surface area contributed by atoms with Gasteiger partial charge >= 0.3 is 5.97 Å². The molecule has 0 saturated carbocycles. The minimum atomic E-state index is -3.92. The maximum Gasteiger partial charge on any atom is 0.344 e. The molecule has 0 radical (unpaired) electrons. The maximum absolute atomic E-state index is 12.7. The summed E-state index contributed by atoms with van der Waals surface area (Å²) in [5.74, 6) is -0.182. The van der Waals surface area contributed by atoms with Crippen LogP contribution in [-0.2, 0) is 9.84 Å². The second-order valence-electron chi connectivity index (χ2n) is 6.92. The maximum atomic E-state index is 12.7. The summed E-state index contributed by atoms with van der Waals surface area (Å²) in [6, 6.07) is 28.8. The summed E-state index contributed by atoms with van der Waals surface area (Å²) in [6.45, 7) is 0. The number of ether oxygens (including phenoxy) is 1. The highest BCUT2D eigenvalue weighted by Gasteiger charge is 2.20. The molecule has 0 unspecified atom stereocenters. The lowest BCUT2D eigenvalue weighted by Gasteiger charge is -2.08. The third-order valence-corrected chi connectivity index (χ3v) is 6.53. The summed E-state index contributed by atoms with van der Waals surface area (Å²) < 4.78 is 30.9. The van der Waals surface area contributed by atoms with Gasteiger partial charge in [-0.25, -0.2) is 13.2 Å². The monoisotopic (exact) mass is 439 g/mol. The van der Waals surface area contributed by atoms with Crippen molar-refractivity contribution in [3.8, 4) is 11.8 Å². The molecule has 0 amide bonds. The highest BCUT2D eigenvalue weighted by Crippen LogP contribution is 2.24. The van der Waals surface area contributed by atoms with Gasteiger partial charge in [0.1, 0.15) is 16.7 Å². The van der Waals surface area contributed by atoms with Gasteiger partial charge in [0.2, 0.25) is 9.84 Å². The van der Waals surface area contributed by atoms with Gasteiger partial charge in [-0.2, -0.15) is 5.26 Å². The molecule has 0 N–H and O–H groups in total. The molecule has 0 fully saturated rings. The van der Waals surface area contributed by atoms with Crippen LogP contribution in [0.25, 0.3) is 16.8 Å². The largest absolute Gasteiger partial charge is 0.423 e. The summed E-state index contributed by atoms with van der Waals surface area (Å²) in [6.07, 6.45) is 1.29. The highest BCUT2D eigenvalue weighted by atomic mass is 32.2. The zero-order valence-corrected chi connectivity index (χ0v) is 17.6. The molecule has 4 rings (SSSR count). The number of nitrogens with zero attached hydrogens (tertiary/aromatic N) is 1. The number of esters is 1. The fourth-order valence-electron chi connectivity index (χ4n) is 3.25. The molecule has 0 aliphatic carbocycles. The molecule has 6 heteroatoms. The zero-order valence-electron chi connectivity index (χ0n) is 16.8. The predicted octanol–water partition coefficient (Wildman–Crippen LogP) is 5.40. The Hall–Kier alpha value is -4.21. The average molecular weight is 439 g/mol. The number of carbonyl (C=O) groups is 1. The van der Waals surface area contributed by atoms with Crippen molar-refractivity contribution in [1.82, 2.24) is 0 Å². The molecule has 4 aromatic rings. The van der Waals surface area contributed by atoms with Gasteiger partial charge in [-0.1, -0.05) is 66.7 Å². The fraction of sp³-hybridized carbons (Fsp3) is 0. The van der Waals surface area contributed by atoms with Crippen molar-refractivity contribution in [3.05, 3.63) is 113 Å². The van der Waals surface area contributed by atoms with Crippen molar-refractivity contribution in [1.29, 1.82) is 5.26 Å². The smallest absolute Gasteiger partial charge is 0.344 e. The van der Waals surface area contributed by atoms with Crippen molar-refractivity contribution < 1.29 is 17.9 Å². The van der Waals surface area contributed by atoms with E-state index in [1.807, 2.05) is 30.3 Å². The Balaban J connectivity index is 1.56. The van der Waals surface area contributed by atoms with Gasteiger partial charge in [-0.3, -0.25) is 0 Å². The fourth-order valence-corrected chi connectivity index (χ4v) is 4.43. The first-order valence-corrected chi connectivity index (χ1v) is 11.2. The van der Waals surface area contributed by atoms with Crippen molar-refractivity contribution in [2.75, 3.05) is 0 Å². The van der Waals surface area contributed by atoms with Gasteiger partial charge in [0.05, 0.1) is 10.5 Å². The molecule has 0 bridgehead atoms. The first-order valence-electron chi connectivity index (χ1n) is 9.71. The lowest BCUT2D eigenvalue weighted by atomic mass is 10.0. The molecule has 0 aliphatic heterocycles. The topological polar surface area (TPSA) is 84.2 Å². The van der Waals surface area contributed by atoms with Crippen molar-refractivity contribution in [2.24, 2.45) is 0 Å². The lowest BCUT2D eigenvalue weighted by molar-refractivity contribution is 0.0737. The van der Waals surface area contributed by atoms with Crippen LogP contribution in [0.2, 0.25) is 0 Å². The number of allylic oxidation sites excluding steroid dienone is 1. The number of rotatable bonds is 5. The molecule has 0 atom stereocenters. The molecule has 0 aliphatic rings. The number of hydrogen-bond donors (Lipinski definition) is 0. The van der Waals surface area contributed by atoms with E-state index >= 15 is 0 Å². The van der Waals surface area contributed by atoms with Crippen LogP contribution in [0.4, 0.5) is 0 Å². The molecule has 0 aromatic heterocycles. The minimum Gasteiger partial charge on any atom is -0.423 e. The number of fused-ring (bicyclic) bond motifs is 1. The Bertz CT molecular complexity index is 1460. The third-order valence-electron chi connectivity index (χ3n) is 4.85. The normalized spacial score (nSPS) is 11.7. The first-order chi connectivity index (χ1) is 15.5. The van der Waals surface area contributed by atoms with Gasteiger partial charge in [0.15, 0.2) is 0 Å². The lowest BCUT2D eigenvalue weighted by Crippen LogP contribution is -2.09. The molecule has 4 aromatic carbocycles. The molecule has 5 nitrogen and oxygen atoms in total. The van der Waals surface area contributed by atoms with Gasteiger partial charge in [-0.15, -0.1) is 0 Å². The van der Waals surface area contributed by atoms with Crippen molar-refractivity contribution in [3.63, 3.8) is 0 Å². The van der Waals surface area contributed by atoms with E-state index in [0.29, 0.717) is 16.9 Å². The van der Waals surface area contributed by atoms with E-state index in [4.69, 9.17) is 4.74 Å². The standard InChI is InChI=1S/C26H17NO4S/c27-18-23(32(29,30)22-9-2-1-3-10-22)17-19-13-15-21(16-14-19)31-26(28)25-12-6-8-20-7-4-5-11-24(20)25/h1-17H. The predicted molar refractivity (Wildman–Crippen MR) is 123 cm³/mol. The van der Waals surface area contributed by atoms with Crippen molar-refractivity contribution >= 4 is 32.7 Å². The van der Waals surface area contributed by atoms with Crippen LogP contribution in [0.3, 0.4) is 0 Å². The van der Waals surface area contributed by atoms with E-state index in [1.165, 1.54) is 18.2 Å². The highest BCUT2D eigenvalue weighted by molar-refractivity contribution is 7.95. The number of nitriles is 1. The second kappa shape index (κ2) is 8.88. The zero-order chi connectivity index (χ0) is 22.6. The summed E-state index contributed by atoms with van der Waals surface area (Å²) in [7, 11) is -3.92. The Kier molecular flexibility index (Phi) is 5.84.